The molecule has 2 N–H and O–H groups in total. The fourth-order valence-electron chi connectivity index (χ4n) is 2.26. The molecule has 0 spiro atoms. The molecule has 6 nitrogen and oxygen atoms in total. The molecule has 0 aliphatic rings. The van der Waals surface area contributed by atoms with Crippen molar-refractivity contribution >= 4 is 31.5 Å². The summed E-state index contributed by atoms with van der Waals surface area (Å²) in [6.07, 6.45) is -0.200. The molecule has 0 bridgehead atoms. The molecule has 0 saturated heterocycles. The van der Waals surface area contributed by atoms with Gasteiger partial charge in [-0.1, -0.05) is 25.7 Å². The van der Waals surface area contributed by atoms with E-state index in [2.05, 4.69) is 25.0 Å². The molecule has 0 radical (unpaired) electrons. The summed E-state index contributed by atoms with van der Waals surface area (Å²) in [6, 6.07) is 6.51. The average Bonchev–Trinajstić information content (AvgIpc) is 2.47. The smallest absolute Gasteiger partial charge is 1.00 e. The standard InChI is InChI=1S/C19H32N2O4Si.Na.H/c1-19(2,17(22)23)13-14-8-9-15(21(3)4)12-16(14)20-18(24)25-10-11-26(5,6)7;;/h8-9,12H,10-11,13H2,1-7H3,(H,20,24)(H,22,23);;/q;+1;-1. The molecule has 1 aromatic carbocycles. The summed E-state index contributed by atoms with van der Waals surface area (Å²) in [4.78, 5) is 25.6. The molecule has 0 aliphatic carbocycles. The van der Waals surface area contributed by atoms with E-state index in [0.717, 1.165) is 17.3 Å². The molecular formula is C19H33N2NaO4Si. The zero-order valence-electron chi connectivity index (χ0n) is 19.0. The molecule has 0 aliphatic heterocycles. The van der Waals surface area contributed by atoms with Crippen molar-refractivity contribution in [3.8, 4) is 0 Å². The third-order valence-corrected chi connectivity index (χ3v) is 5.85. The van der Waals surface area contributed by atoms with Gasteiger partial charge < -0.3 is 16.2 Å². The SMILES string of the molecule is CN(C)c1ccc(CC(C)(C)C(=O)O)c(NC(=O)OCC[Si](C)(C)C)c1.[H-].[Na+]. The molecule has 1 amide bonds. The second-order valence-corrected chi connectivity index (χ2v) is 14.3. The van der Waals surface area contributed by atoms with Gasteiger partial charge in [-0.2, -0.15) is 0 Å². The zero-order valence-corrected chi connectivity index (χ0v) is 21.0. The van der Waals surface area contributed by atoms with Gasteiger partial charge in [-0.3, -0.25) is 10.1 Å². The number of carboxylic acids is 1. The maximum atomic E-state index is 12.2. The molecule has 1 rings (SSSR count). The summed E-state index contributed by atoms with van der Waals surface area (Å²) in [5, 5.41) is 12.2. The number of hydrogen-bond donors (Lipinski definition) is 2. The van der Waals surface area contributed by atoms with Crippen LogP contribution in [-0.2, 0) is 16.0 Å². The Bertz CT molecular complexity index is 664. The summed E-state index contributed by atoms with van der Waals surface area (Å²) in [5.74, 6) is -0.877. The van der Waals surface area contributed by atoms with Crippen LogP contribution in [-0.4, -0.2) is 45.9 Å². The van der Waals surface area contributed by atoms with E-state index in [9.17, 15) is 14.7 Å². The summed E-state index contributed by atoms with van der Waals surface area (Å²) in [7, 11) is 2.55. The number of anilines is 2. The van der Waals surface area contributed by atoms with E-state index in [1.165, 1.54) is 0 Å². The number of hydrogen-bond acceptors (Lipinski definition) is 4. The van der Waals surface area contributed by atoms with Crippen molar-refractivity contribution in [2.45, 2.75) is 46.0 Å². The van der Waals surface area contributed by atoms with Crippen LogP contribution in [0.1, 0.15) is 20.8 Å². The molecule has 0 unspecified atom stereocenters. The second kappa shape index (κ2) is 10.5. The van der Waals surface area contributed by atoms with Gasteiger partial charge in [-0.05, 0) is 44.0 Å². The van der Waals surface area contributed by atoms with E-state index in [0.29, 0.717) is 18.7 Å². The van der Waals surface area contributed by atoms with Gasteiger partial charge in [-0.15, -0.1) is 0 Å². The van der Waals surface area contributed by atoms with Crippen LogP contribution >= 0.6 is 0 Å². The molecule has 0 fully saturated rings. The molecule has 0 saturated carbocycles. The van der Waals surface area contributed by atoms with Crippen LogP contribution in [0.4, 0.5) is 16.2 Å². The van der Waals surface area contributed by atoms with Crippen LogP contribution in [0.3, 0.4) is 0 Å². The number of nitrogens with one attached hydrogen (secondary N) is 1. The Labute approximate surface area is 187 Å². The third-order valence-electron chi connectivity index (χ3n) is 4.14. The number of aliphatic carboxylic acids is 1. The van der Waals surface area contributed by atoms with Crippen molar-refractivity contribution in [1.29, 1.82) is 0 Å². The number of carbonyl (C=O) groups excluding carboxylic acids is 1. The van der Waals surface area contributed by atoms with E-state index in [-0.39, 0.29) is 31.0 Å². The van der Waals surface area contributed by atoms with Gasteiger partial charge in [0.2, 0.25) is 0 Å². The molecule has 27 heavy (non-hydrogen) atoms. The number of ether oxygens (including phenoxy) is 1. The van der Waals surface area contributed by atoms with E-state index >= 15 is 0 Å². The molecule has 8 heteroatoms. The van der Waals surface area contributed by atoms with Crippen molar-refractivity contribution in [2.75, 3.05) is 30.9 Å². The predicted molar refractivity (Wildman–Crippen MR) is 110 cm³/mol. The van der Waals surface area contributed by atoms with Gasteiger partial charge in [0, 0.05) is 33.5 Å². The molecule has 1 aromatic rings. The Morgan fingerprint density at radius 3 is 2.33 bits per heavy atom. The fraction of sp³-hybridized carbons (Fsp3) is 0.579. The quantitative estimate of drug-likeness (QED) is 0.641. The van der Waals surface area contributed by atoms with Crippen molar-refractivity contribution in [2.24, 2.45) is 5.41 Å². The first-order valence-corrected chi connectivity index (χ1v) is 12.5. The van der Waals surface area contributed by atoms with Gasteiger partial charge in [0.25, 0.3) is 0 Å². The van der Waals surface area contributed by atoms with E-state index in [1.807, 2.05) is 37.2 Å². The maximum absolute atomic E-state index is 12.2. The molecule has 148 valence electrons. The maximum Gasteiger partial charge on any atom is 1.00 e. The minimum absolute atomic E-state index is 0. The summed E-state index contributed by atoms with van der Waals surface area (Å²) in [6.45, 7) is 10.4. The minimum Gasteiger partial charge on any atom is -1.00 e. The number of carbonyl (C=O) groups is 2. The van der Waals surface area contributed by atoms with E-state index in [1.54, 1.807) is 13.8 Å². The van der Waals surface area contributed by atoms with Gasteiger partial charge >= 0.3 is 41.6 Å². The minimum atomic E-state index is -1.27. The molecule has 0 aromatic heterocycles. The van der Waals surface area contributed by atoms with Crippen LogP contribution in [0.2, 0.25) is 25.7 Å². The first-order chi connectivity index (χ1) is 11.8. The number of benzene rings is 1. The number of carboxylic acid groups (broad SMARTS) is 1. The Morgan fingerprint density at radius 1 is 1.26 bits per heavy atom. The van der Waals surface area contributed by atoms with Crippen LogP contribution in [0, 0.1) is 5.41 Å². The third kappa shape index (κ3) is 9.14. The van der Waals surface area contributed by atoms with Gasteiger partial charge in [0.05, 0.1) is 12.0 Å². The van der Waals surface area contributed by atoms with Crippen LogP contribution in [0.5, 0.6) is 0 Å². The van der Waals surface area contributed by atoms with Crippen LogP contribution < -0.4 is 39.8 Å². The number of nitrogens with zero attached hydrogens (tertiary/aromatic N) is 1. The van der Waals surface area contributed by atoms with Crippen LogP contribution in [0.15, 0.2) is 18.2 Å². The normalized spacial score (nSPS) is 11.4. The Balaban J connectivity index is 0. The predicted octanol–water partition coefficient (Wildman–Crippen LogP) is 1.41. The molecule has 0 atom stereocenters. The van der Waals surface area contributed by atoms with E-state index in [4.69, 9.17) is 4.74 Å². The average molecular weight is 405 g/mol. The van der Waals surface area contributed by atoms with Gasteiger partial charge in [-0.25, -0.2) is 4.79 Å². The monoisotopic (exact) mass is 404 g/mol. The van der Waals surface area contributed by atoms with Gasteiger partial charge in [0.15, 0.2) is 0 Å². The first kappa shape index (κ1) is 26.0. The number of rotatable bonds is 8. The summed E-state index contributed by atoms with van der Waals surface area (Å²) in [5.41, 5.74) is 1.34. The topological polar surface area (TPSA) is 78.9 Å². The largest absolute Gasteiger partial charge is 1.00 e. The van der Waals surface area contributed by atoms with Crippen molar-refractivity contribution in [3.63, 3.8) is 0 Å². The van der Waals surface area contributed by atoms with Crippen molar-refractivity contribution < 1.29 is 50.4 Å². The summed E-state index contributed by atoms with van der Waals surface area (Å²) < 4.78 is 5.31. The second-order valence-electron chi connectivity index (χ2n) is 8.67. The van der Waals surface area contributed by atoms with Crippen molar-refractivity contribution in [1.82, 2.24) is 0 Å². The first-order valence-electron chi connectivity index (χ1n) is 8.79. The molecule has 0 heterocycles. The van der Waals surface area contributed by atoms with Crippen LogP contribution in [0.25, 0.3) is 0 Å². The Hall–Kier alpha value is -1.02. The molecular weight excluding hydrogens is 371 g/mol. The van der Waals surface area contributed by atoms with E-state index < -0.39 is 25.6 Å². The Morgan fingerprint density at radius 2 is 1.85 bits per heavy atom. The Kier molecular flexibility index (Phi) is 10.1. The fourth-order valence-corrected chi connectivity index (χ4v) is 2.98. The van der Waals surface area contributed by atoms with Gasteiger partial charge in [0.1, 0.15) is 0 Å². The summed E-state index contributed by atoms with van der Waals surface area (Å²) >= 11 is 0. The van der Waals surface area contributed by atoms with Crippen molar-refractivity contribution in [3.05, 3.63) is 23.8 Å². The number of amides is 1. The zero-order chi connectivity index (χ0) is 20.1.